The lowest BCUT2D eigenvalue weighted by molar-refractivity contribution is 0.112. The van der Waals surface area contributed by atoms with Crippen molar-refractivity contribution in [1.29, 1.82) is 0 Å². The standard InChI is InChI=1S/C16H13FO2/c17-16-8-3-12(9-13(16)10-18)11-1-4-14(5-2-11)19-15-6-7-15/h1-5,8-10,15H,6-7H2. The monoisotopic (exact) mass is 256 g/mol. The minimum atomic E-state index is -0.493. The summed E-state index contributed by atoms with van der Waals surface area (Å²) in [7, 11) is 0. The largest absolute Gasteiger partial charge is 0.490 e. The van der Waals surface area contributed by atoms with Gasteiger partial charge in [0.1, 0.15) is 11.6 Å². The van der Waals surface area contributed by atoms with Gasteiger partial charge in [0.15, 0.2) is 6.29 Å². The van der Waals surface area contributed by atoms with Crippen LogP contribution in [0.5, 0.6) is 5.75 Å². The Balaban J connectivity index is 1.86. The molecule has 0 radical (unpaired) electrons. The van der Waals surface area contributed by atoms with Crippen LogP contribution in [0.25, 0.3) is 11.1 Å². The topological polar surface area (TPSA) is 26.3 Å². The van der Waals surface area contributed by atoms with E-state index in [1.54, 1.807) is 12.1 Å². The summed E-state index contributed by atoms with van der Waals surface area (Å²) in [6.45, 7) is 0. The smallest absolute Gasteiger partial charge is 0.153 e. The fraction of sp³-hybridized carbons (Fsp3) is 0.188. The summed E-state index contributed by atoms with van der Waals surface area (Å²) in [6.07, 6.45) is 3.16. The molecule has 0 amide bonds. The molecule has 0 heterocycles. The van der Waals surface area contributed by atoms with E-state index in [9.17, 15) is 9.18 Å². The summed E-state index contributed by atoms with van der Waals surface area (Å²) in [5, 5.41) is 0. The Bertz CT molecular complexity index is 601. The first-order chi connectivity index (χ1) is 9.26. The lowest BCUT2D eigenvalue weighted by atomic mass is 10.0. The van der Waals surface area contributed by atoms with Gasteiger partial charge in [-0.3, -0.25) is 4.79 Å². The lowest BCUT2D eigenvalue weighted by Gasteiger charge is -2.07. The molecular formula is C16H13FO2. The van der Waals surface area contributed by atoms with Gasteiger partial charge in [-0.15, -0.1) is 0 Å². The molecule has 1 aliphatic rings. The van der Waals surface area contributed by atoms with Gasteiger partial charge in [-0.25, -0.2) is 4.39 Å². The van der Waals surface area contributed by atoms with E-state index in [0.29, 0.717) is 12.4 Å². The molecule has 0 N–H and O–H groups in total. The second kappa shape index (κ2) is 4.84. The van der Waals surface area contributed by atoms with Crippen LogP contribution in [-0.4, -0.2) is 12.4 Å². The molecule has 96 valence electrons. The van der Waals surface area contributed by atoms with Crippen molar-refractivity contribution in [3.63, 3.8) is 0 Å². The van der Waals surface area contributed by atoms with E-state index < -0.39 is 5.82 Å². The van der Waals surface area contributed by atoms with E-state index in [2.05, 4.69) is 0 Å². The zero-order valence-corrected chi connectivity index (χ0v) is 10.3. The van der Waals surface area contributed by atoms with Gasteiger partial charge in [0.25, 0.3) is 0 Å². The Hall–Kier alpha value is -2.16. The quantitative estimate of drug-likeness (QED) is 0.777. The van der Waals surface area contributed by atoms with Gasteiger partial charge < -0.3 is 4.74 Å². The van der Waals surface area contributed by atoms with Gasteiger partial charge in [-0.1, -0.05) is 18.2 Å². The third-order valence-corrected chi connectivity index (χ3v) is 3.14. The van der Waals surface area contributed by atoms with Gasteiger partial charge in [-0.05, 0) is 48.2 Å². The highest BCUT2D eigenvalue weighted by molar-refractivity contribution is 5.79. The second-order valence-corrected chi connectivity index (χ2v) is 4.70. The van der Waals surface area contributed by atoms with Crippen molar-refractivity contribution in [1.82, 2.24) is 0 Å². The average molecular weight is 256 g/mol. The van der Waals surface area contributed by atoms with Crippen LogP contribution < -0.4 is 4.74 Å². The molecule has 2 nitrogen and oxygen atoms in total. The predicted octanol–water partition coefficient (Wildman–Crippen LogP) is 3.85. The van der Waals surface area contributed by atoms with Crippen LogP contribution in [0.4, 0.5) is 4.39 Å². The van der Waals surface area contributed by atoms with E-state index in [0.717, 1.165) is 29.7 Å². The molecule has 19 heavy (non-hydrogen) atoms. The van der Waals surface area contributed by atoms with E-state index in [1.165, 1.54) is 6.07 Å². The number of hydrogen-bond donors (Lipinski definition) is 0. The molecule has 3 heteroatoms. The third kappa shape index (κ3) is 2.65. The Morgan fingerprint density at radius 3 is 2.37 bits per heavy atom. The fourth-order valence-electron chi connectivity index (χ4n) is 1.92. The maximum atomic E-state index is 13.2. The Morgan fingerprint density at radius 2 is 1.74 bits per heavy atom. The fourth-order valence-corrected chi connectivity index (χ4v) is 1.92. The molecule has 2 aromatic carbocycles. The van der Waals surface area contributed by atoms with Crippen LogP contribution in [-0.2, 0) is 0 Å². The first-order valence-electron chi connectivity index (χ1n) is 6.28. The summed E-state index contributed by atoms with van der Waals surface area (Å²) in [5.74, 6) is 0.358. The summed E-state index contributed by atoms with van der Waals surface area (Å²) in [4.78, 5) is 10.7. The Morgan fingerprint density at radius 1 is 1.05 bits per heavy atom. The highest BCUT2D eigenvalue weighted by Gasteiger charge is 2.23. The van der Waals surface area contributed by atoms with Crippen molar-refractivity contribution >= 4 is 6.29 Å². The predicted molar refractivity (Wildman–Crippen MR) is 70.9 cm³/mol. The van der Waals surface area contributed by atoms with E-state index in [4.69, 9.17) is 4.74 Å². The van der Waals surface area contributed by atoms with Crippen LogP contribution in [0, 0.1) is 5.82 Å². The molecule has 0 atom stereocenters. The van der Waals surface area contributed by atoms with Gasteiger partial charge in [-0.2, -0.15) is 0 Å². The molecule has 1 saturated carbocycles. The van der Waals surface area contributed by atoms with Crippen molar-refractivity contribution in [2.45, 2.75) is 18.9 Å². The number of ether oxygens (including phenoxy) is 1. The maximum absolute atomic E-state index is 13.2. The third-order valence-electron chi connectivity index (χ3n) is 3.14. The number of aldehydes is 1. The van der Waals surface area contributed by atoms with E-state index in [-0.39, 0.29) is 5.56 Å². The molecule has 0 spiro atoms. The highest BCUT2D eigenvalue weighted by Crippen LogP contribution is 2.29. The first-order valence-corrected chi connectivity index (χ1v) is 6.28. The van der Waals surface area contributed by atoms with Crippen LogP contribution >= 0.6 is 0 Å². The summed E-state index contributed by atoms with van der Waals surface area (Å²) in [6, 6.07) is 12.2. The zero-order chi connectivity index (χ0) is 13.2. The van der Waals surface area contributed by atoms with Gasteiger partial charge in [0, 0.05) is 0 Å². The minimum Gasteiger partial charge on any atom is -0.490 e. The average Bonchev–Trinajstić information content (AvgIpc) is 3.24. The molecular weight excluding hydrogens is 243 g/mol. The Labute approximate surface area is 110 Å². The first kappa shape index (κ1) is 11.9. The SMILES string of the molecule is O=Cc1cc(-c2ccc(OC3CC3)cc2)ccc1F. The molecule has 1 aliphatic carbocycles. The molecule has 0 aliphatic heterocycles. The molecule has 3 rings (SSSR count). The lowest BCUT2D eigenvalue weighted by Crippen LogP contribution is -1.95. The number of carbonyl (C=O) groups excluding carboxylic acids is 1. The second-order valence-electron chi connectivity index (χ2n) is 4.70. The van der Waals surface area contributed by atoms with Gasteiger partial charge >= 0.3 is 0 Å². The summed E-state index contributed by atoms with van der Waals surface area (Å²) >= 11 is 0. The highest BCUT2D eigenvalue weighted by atomic mass is 19.1. The van der Waals surface area contributed by atoms with E-state index >= 15 is 0 Å². The van der Waals surface area contributed by atoms with Gasteiger partial charge in [0.2, 0.25) is 0 Å². The number of carbonyl (C=O) groups is 1. The molecule has 0 bridgehead atoms. The van der Waals surface area contributed by atoms with Crippen molar-refractivity contribution in [3.05, 3.63) is 53.8 Å². The van der Waals surface area contributed by atoms with Crippen LogP contribution in [0.15, 0.2) is 42.5 Å². The van der Waals surface area contributed by atoms with Crippen LogP contribution in [0.3, 0.4) is 0 Å². The molecule has 0 unspecified atom stereocenters. The van der Waals surface area contributed by atoms with Crippen LogP contribution in [0.2, 0.25) is 0 Å². The van der Waals surface area contributed by atoms with E-state index in [1.807, 2.05) is 24.3 Å². The summed E-state index contributed by atoms with van der Waals surface area (Å²) < 4.78 is 18.9. The van der Waals surface area contributed by atoms with Gasteiger partial charge in [0.05, 0.1) is 11.7 Å². The summed E-state index contributed by atoms with van der Waals surface area (Å²) in [5.41, 5.74) is 1.84. The van der Waals surface area contributed by atoms with Crippen LogP contribution in [0.1, 0.15) is 23.2 Å². The van der Waals surface area contributed by atoms with Crippen molar-refractivity contribution in [3.8, 4) is 16.9 Å². The minimum absolute atomic E-state index is 0.0795. The molecule has 0 saturated heterocycles. The maximum Gasteiger partial charge on any atom is 0.153 e. The number of hydrogen-bond acceptors (Lipinski definition) is 2. The number of benzene rings is 2. The number of rotatable bonds is 4. The zero-order valence-electron chi connectivity index (χ0n) is 10.3. The van der Waals surface area contributed by atoms with Crippen molar-refractivity contribution < 1.29 is 13.9 Å². The number of halogens is 1. The molecule has 1 fully saturated rings. The Kier molecular flexibility index (Phi) is 3.03. The normalized spacial score (nSPS) is 14.2. The molecule has 2 aromatic rings. The van der Waals surface area contributed by atoms with Crippen molar-refractivity contribution in [2.75, 3.05) is 0 Å². The molecule has 0 aromatic heterocycles. The van der Waals surface area contributed by atoms with Crippen molar-refractivity contribution in [2.24, 2.45) is 0 Å².